The lowest BCUT2D eigenvalue weighted by Gasteiger charge is -2.01. The van der Waals surface area contributed by atoms with Gasteiger partial charge in [0.2, 0.25) is 0 Å². The van der Waals surface area contributed by atoms with Crippen LogP contribution >= 0.6 is 0 Å². The summed E-state index contributed by atoms with van der Waals surface area (Å²) < 4.78 is 4.55. The smallest absolute Gasteiger partial charge is 0.308 e. The molecule has 8 heavy (non-hydrogen) atoms. The van der Waals surface area contributed by atoms with Crippen LogP contribution in [-0.4, -0.2) is 12.6 Å². The first-order valence-electron chi connectivity index (χ1n) is 2.64. The van der Waals surface area contributed by atoms with Crippen molar-refractivity contribution < 1.29 is 9.53 Å². The fourth-order valence-electron chi connectivity index (χ4n) is 0.267. The van der Waals surface area contributed by atoms with Crippen LogP contribution in [0.1, 0.15) is 13.8 Å². The minimum atomic E-state index is -0.181. The van der Waals surface area contributed by atoms with Crippen LogP contribution in [0.25, 0.3) is 0 Å². The summed E-state index contributed by atoms with van der Waals surface area (Å²) in [6, 6.07) is 0. The van der Waals surface area contributed by atoms with Crippen LogP contribution in [0.2, 0.25) is 0 Å². The summed E-state index contributed by atoms with van der Waals surface area (Å²) in [5, 5.41) is 0. The zero-order chi connectivity index (χ0) is 6.57. The van der Waals surface area contributed by atoms with Gasteiger partial charge in [-0.15, -0.1) is 0 Å². The highest BCUT2D eigenvalue weighted by molar-refractivity contribution is 5.71. The first-order valence-corrected chi connectivity index (χ1v) is 2.64. The summed E-state index contributed by atoms with van der Waals surface area (Å²) in [6.45, 7) is 7.18. The molecule has 47 valence electrons. The molecule has 0 aliphatic heterocycles. The monoisotopic (exact) mass is 115 g/mol. The summed E-state index contributed by atoms with van der Waals surface area (Å²) in [5.74, 6) is -0.211. The fourth-order valence-corrected chi connectivity index (χ4v) is 0.267. The van der Waals surface area contributed by atoms with E-state index in [0.29, 0.717) is 0 Å². The van der Waals surface area contributed by atoms with Gasteiger partial charge in [-0.25, -0.2) is 0 Å². The fraction of sp³-hybridized carbons (Fsp3) is 0.667. The Kier molecular flexibility index (Phi) is 3.24. The average molecular weight is 115 g/mol. The van der Waals surface area contributed by atoms with E-state index >= 15 is 0 Å². The number of hydrogen-bond acceptors (Lipinski definition) is 2. The minimum Gasteiger partial charge on any atom is -0.465 e. The molecule has 0 unspecified atom stereocenters. The van der Waals surface area contributed by atoms with E-state index in [0.717, 1.165) is 0 Å². The van der Waals surface area contributed by atoms with E-state index in [2.05, 4.69) is 11.7 Å². The Hall–Kier alpha value is -0.530. The maximum Gasteiger partial charge on any atom is 0.308 e. The Labute approximate surface area is 49.8 Å². The van der Waals surface area contributed by atoms with Crippen molar-refractivity contribution in [2.24, 2.45) is 5.92 Å². The van der Waals surface area contributed by atoms with Crippen molar-refractivity contribution >= 4 is 5.97 Å². The molecule has 2 heteroatoms. The van der Waals surface area contributed by atoms with Crippen LogP contribution < -0.4 is 0 Å². The minimum absolute atomic E-state index is 0.0308. The molecule has 0 heterocycles. The highest BCUT2D eigenvalue weighted by Crippen LogP contribution is 1.93. The van der Waals surface area contributed by atoms with E-state index in [1.54, 1.807) is 13.8 Å². The maximum absolute atomic E-state index is 10.5. The van der Waals surface area contributed by atoms with Gasteiger partial charge in [0.05, 0.1) is 12.5 Å². The normalized spacial score (nSPS) is 9.50. The topological polar surface area (TPSA) is 26.3 Å². The molecule has 0 aromatic heterocycles. The third-order valence-electron chi connectivity index (χ3n) is 0.716. The number of rotatable bonds is 2. The van der Waals surface area contributed by atoms with Gasteiger partial charge in [0.15, 0.2) is 0 Å². The summed E-state index contributed by atoms with van der Waals surface area (Å²) in [5.41, 5.74) is 0. The average Bonchev–Trinajstić information content (AvgIpc) is 1.67. The first-order chi connectivity index (χ1) is 3.68. The maximum atomic E-state index is 10.5. The van der Waals surface area contributed by atoms with Crippen molar-refractivity contribution in [2.75, 3.05) is 6.61 Å². The predicted octanol–water partition coefficient (Wildman–Crippen LogP) is 1.02. The lowest BCUT2D eigenvalue weighted by Crippen LogP contribution is -2.10. The third-order valence-corrected chi connectivity index (χ3v) is 0.716. The standard InChI is InChI=1S/C6H11O2/c1-4-8-6(7)5(2)3/h5H,1,4H2,2-3H3. The summed E-state index contributed by atoms with van der Waals surface area (Å²) in [7, 11) is 0. The Morgan fingerprint density at radius 2 is 2.25 bits per heavy atom. The Balaban J connectivity index is 3.33. The number of esters is 1. The molecule has 0 fully saturated rings. The molecule has 0 amide bonds. The van der Waals surface area contributed by atoms with Crippen molar-refractivity contribution in [1.29, 1.82) is 0 Å². The van der Waals surface area contributed by atoms with Gasteiger partial charge in [0.1, 0.15) is 0 Å². The van der Waals surface area contributed by atoms with Crippen molar-refractivity contribution in [3.8, 4) is 0 Å². The zero-order valence-corrected chi connectivity index (χ0v) is 5.31. The summed E-state index contributed by atoms with van der Waals surface area (Å²) in [4.78, 5) is 10.5. The van der Waals surface area contributed by atoms with Gasteiger partial charge < -0.3 is 4.74 Å². The van der Waals surface area contributed by atoms with Gasteiger partial charge in [-0.3, -0.25) is 4.79 Å². The SMILES string of the molecule is [CH2]COC(=O)C(C)C. The Morgan fingerprint density at radius 3 is 2.38 bits per heavy atom. The zero-order valence-electron chi connectivity index (χ0n) is 5.31. The van der Waals surface area contributed by atoms with Crippen LogP contribution in [0.3, 0.4) is 0 Å². The van der Waals surface area contributed by atoms with Gasteiger partial charge in [-0.05, 0) is 6.92 Å². The van der Waals surface area contributed by atoms with E-state index in [1.807, 2.05) is 0 Å². The largest absolute Gasteiger partial charge is 0.465 e. The van der Waals surface area contributed by atoms with E-state index < -0.39 is 0 Å². The van der Waals surface area contributed by atoms with Gasteiger partial charge in [-0.1, -0.05) is 13.8 Å². The summed E-state index contributed by atoms with van der Waals surface area (Å²) >= 11 is 0. The molecule has 1 radical (unpaired) electrons. The van der Waals surface area contributed by atoms with Crippen molar-refractivity contribution in [2.45, 2.75) is 13.8 Å². The molecule has 0 aliphatic rings. The molecule has 0 bridgehead atoms. The van der Waals surface area contributed by atoms with Crippen LogP contribution in [0, 0.1) is 12.8 Å². The number of carbonyl (C=O) groups is 1. The van der Waals surface area contributed by atoms with E-state index in [4.69, 9.17) is 0 Å². The molecule has 0 saturated carbocycles. The molecule has 0 aromatic rings. The number of hydrogen-bond donors (Lipinski definition) is 0. The van der Waals surface area contributed by atoms with E-state index in [9.17, 15) is 4.79 Å². The molecule has 0 aliphatic carbocycles. The predicted molar refractivity (Wildman–Crippen MR) is 31.2 cm³/mol. The molecule has 0 atom stereocenters. The number of carbonyl (C=O) groups excluding carboxylic acids is 1. The quantitative estimate of drug-likeness (QED) is 0.502. The molecule has 0 aromatic carbocycles. The Morgan fingerprint density at radius 1 is 1.75 bits per heavy atom. The molecular weight excluding hydrogens is 104 g/mol. The lowest BCUT2D eigenvalue weighted by molar-refractivity contribution is -0.146. The van der Waals surface area contributed by atoms with Crippen molar-refractivity contribution in [1.82, 2.24) is 0 Å². The van der Waals surface area contributed by atoms with Crippen LogP contribution in [0.5, 0.6) is 0 Å². The molecule has 0 rings (SSSR count). The van der Waals surface area contributed by atoms with Crippen LogP contribution in [0.15, 0.2) is 0 Å². The van der Waals surface area contributed by atoms with Gasteiger partial charge in [0, 0.05) is 0 Å². The second-order valence-electron chi connectivity index (χ2n) is 1.82. The molecule has 0 spiro atoms. The van der Waals surface area contributed by atoms with E-state index in [1.165, 1.54) is 0 Å². The van der Waals surface area contributed by atoms with Crippen LogP contribution in [0.4, 0.5) is 0 Å². The molecule has 0 N–H and O–H groups in total. The number of ether oxygens (including phenoxy) is 1. The molecule has 2 nitrogen and oxygen atoms in total. The van der Waals surface area contributed by atoms with Gasteiger partial charge in [0.25, 0.3) is 0 Å². The van der Waals surface area contributed by atoms with Gasteiger partial charge in [-0.2, -0.15) is 0 Å². The third kappa shape index (κ3) is 2.61. The van der Waals surface area contributed by atoms with E-state index in [-0.39, 0.29) is 18.5 Å². The van der Waals surface area contributed by atoms with Crippen LogP contribution in [-0.2, 0) is 9.53 Å². The molecular formula is C6H11O2. The highest BCUT2D eigenvalue weighted by atomic mass is 16.5. The van der Waals surface area contributed by atoms with Crippen molar-refractivity contribution in [3.05, 3.63) is 6.92 Å². The summed E-state index contributed by atoms with van der Waals surface area (Å²) in [6.07, 6.45) is 0. The highest BCUT2D eigenvalue weighted by Gasteiger charge is 2.04. The van der Waals surface area contributed by atoms with Gasteiger partial charge >= 0.3 is 5.97 Å². The lowest BCUT2D eigenvalue weighted by atomic mass is 10.2. The first kappa shape index (κ1) is 7.47. The molecule has 0 saturated heterocycles. The van der Waals surface area contributed by atoms with Crippen molar-refractivity contribution in [3.63, 3.8) is 0 Å². The second kappa shape index (κ2) is 3.47. The second-order valence-corrected chi connectivity index (χ2v) is 1.82. The Bertz CT molecular complexity index is 76.6.